The summed E-state index contributed by atoms with van der Waals surface area (Å²) < 4.78 is 11.5. The summed E-state index contributed by atoms with van der Waals surface area (Å²) in [5, 5.41) is 5.48. The van der Waals surface area contributed by atoms with Crippen LogP contribution in [0.3, 0.4) is 0 Å². The zero-order chi connectivity index (χ0) is 22.4. The summed E-state index contributed by atoms with van der Waals surface area (Å²) in [6.45, 7) is 7.72. The third kappa shape index (κ3) is 5.90. The molecule has 31 heavy (non-hydrogen) atoms. The van der Waals surface area contributed by atoms with Crippen molar-refractivity contribution in [3.05, 3.63) is 54.1 Å². The molecule has 7 nitrogen and oxygen atoms in total. The van der Waals surface area contributed by atoms with Gasteiger partial charge < -0.3 is 25.0 Å². The molecule has 1 aliphatic heterocycles. The highest BCUT2D eigenvalue weighted by atomic mass is 16.5. The SMILES string of the molecule is CNC(=O)[C@H]1CN(CC(=O)NCCOc2ccc(C(C)(C)C)cc2)c2ccccc2O1. The van der Waals surface area contributed by atoms with Gasteiger partial charge in [0.2, 0.25) is 5.91 Å². The van der Waals surface area contributed by atoms with E-state index in [-0.39, 0.29) is 23.8 Å². The Balaban J connectivity index is 1.49. The van der Waals surface area contributed by atoms with Gasteiger partial charge >= 0.3 is 0 Å². The second-order valence-electron chi connectivity index (χ2n) is 8.54. The minimum Gasteiger partial charge on any atom is -0.492 e. The summed E-state index contributed by atoms with van der Waals surface area (Å²) in [6, 6.07) is 15.4. The van der Waals surface area contributed by atoms with Crippen molar-refractivity contribution in [1.29, 1.82) is 0 Å². The summed E-state index contributed by atoms with van der Waals surface area (Å²) >= 11 is 0. The zero-order valence-electron chi connectivity index (χ0n) is 18.6. The molecule has 0 saturated carbocycles. The minimum atomic E-state index is -0.660. The molecular formula is C24H31N3O4. The Morgan fingerprint density at radius 2 is 1.84 bits per heavy atom. The molecule has 0 bridgehead atoms. The molecule has 166 valence electrons. The Bertz CT molecular complexity index is 906. The van der Waals surface area contributed by atoms with E-state index in [9.17, 15) is 9.59 Å². The lowest BCUT2D eigenvalue weighted by Crippen LogP contribution is -2.50. The molecule has 7 heteroatoms. The van der Waals surface area contributed by atoms with Crippen LogP contribution in [0.25, 0.3) is 0 Å². The predicted octanol–water partition coefficient (Wildman–Crippen LogP) is 2.49. The first-order valence-corrected chi connectivity index (χ1v) is 10.5. The maximum atomic E-state index is 12.5. The molecule has 0 unspecified atom stereocenters. The maximum absolute atomic E-state index is 12.5. The molecule has 2 aromatic rings. The van der Waals surface area contributed by atoms with E-state index < -0.39 is 6.10 Å². The molecule has 1 atom stereocenters. The van der Waals surface area contributed by atoms with Gasteiger partial charge in [-0.2, -0.15) is 0 Å². The first-order chi connectivity index (χ1) is 14.8. The number of fused-ring (bicyclic) bond motifs is 1. The van der Waals surface area contributed by atoms with Crippen LogP contribution in [0, 0.1) is 0 Å². The molecule has 0 spiro atoms. The summed E-state index contributed by atoms with van der Waals surface area (Å²) in [6.07, 6.45) is -0.660. The van der Waals surface area contributed by atoms with Crippen molar-refractivity contribution in [2.75, 3.05) is 38.2 Å². The fraction of sp³-hybridized carbons (Fsp3) is 0.417. The number of nitrogens with one attached hydrogen (secondary N) is 2. The van der Waals surface area contributed by atoms with Crippen molar-refractivity contribution in [3.8, 4) is 11.5 Å². The van der Waals surface area contributed by atoms with Crippen LogP contribution >= 0.6 is 0 Å². The van der Waals surface area contributed by atoms with E-state index in [0.717, 1.165) is 11.4 Å². The normalized spacial score (nSPS) is 15.5. The van der Waals surface area contributed by atoms with Gasteiger partial charge in [-0.25, -0.2) is 0 Å². The van der Waals surface area contributed by atoms with Crippen molar-refractivity contribution >= 4 is 17.5 Å². The first kappa shape index (κ1) is 22.5. The van der Waals surface area contributed by atoms with Crippen LogP contribution in [0.15, 0.2) is 48.5 Å². The average Bonchev–Trinajstić information content (AvgIpc) is 2.75. The quantitative estimate of drug-likeness (QED) is 0.667. The Morgan fingerprint density at radius 1 is 1.13 bits per heavy atom. The second kappa shape index (κ2) is 9.73. The summed E-state index contributed by atoms with van der Waals surface area (Å²) in [5.74, 6) is 1.01. The van der Waals surface area contributed by atoms with Gasteiger partial charge in [-0.3, -0.25) is 9.59 Å². The monoisotopic (exact) mass is 425 g/mol. The lowest BCUT2D eigenvalue weighted by Gasteiger charge is -2.34. The fourth-order valence-corrected chi connectivity index (χ4v) is 3.39. The van der Waals surface area contributed by atoms with Crippen LogP contribution in [-0.4, -0.2) is 51.2 Å². The number of rotatable bonds is 7. The molecule has 0 saturated heterocycles. The van der Waals surface area contributed by atoms with Gasteiger partial charge in [0.05, 0.1) is 25.3 Å². The number of benzene rings is 2. The van der Waals surface area contributed by atoms with E-state index >= 15 is 0 Å². The Hall–Kier alpha value is -3.22. The Morgan fingerprint density at radius 3 is 2.52 bits per heavy atom. The number of hydrogen-bond acceptors (Lipinski definition) is 5. The average molecular weight is 426 g/mol. The van der Waals surface area contributed by atoms with Crippen molar-refractivity contribution in [1.82, 2.24) is 10.6 Å². The van der Waals surface area contributed by atoms with E-state index in [1.165, 1.54) is 5.56 Å². The summed E-state index contributed by atoms with van der Waals surface area (Å²) in [7, 11) is 1.57. The van der Waals surface area contributed by atoms with Crippen LogP contribution < -0.4 is 25.0 Å². The molecule has 0 radical (unpaired) electrons. The third-order valence-electron chi connectivity index (χ3n) is 5.15. The number of likely N-dealkylation sites (N-methyl/N-ethyl adjacent to an activating group) is 1. The molecule has 0 aliphatic carbocycles. The molecule has 2 N–H and O–H groups in total. The van der Waals surface area contributed by atoms with Crippen LogP contribution in [-0.2, 0) is 15.0 Å². The third-order valence-corrected chi connectivity index (χ3v) is 5.15. The molecule has 2 aromatic carbocycles. The second-order valence-corrected chi connectivity index (χ2v) is 8.54. The first-order valence-electron chi connectivity index (χ1n) is 10.5. The number of carbonyl (C=O) groups excluding carboxylic acids is 2. The molecular weight excluding hydrogens is 394 g/mol. The number of amides is 2. The van der Waals surface area contributed by atoms with E-state index in [0.29, 0.717) is 25.4 Å². The van der Waals surface area contributed by atoms with Gasteiger partial charge in [-0.15, -0.1) is 0 Å². The van der Waals surface area contributed by atoms with E-state index in [1.807, 2.05) is 35.2 Å². The largest absolute Gasteiger partial charge is 0.492 e. The van der Waals surface area contributed by atoms with Crippen LogP contribution in [0.5, 0.6) is 11.5 Å². The minimum absolute atomic E-state index is 0.0986. The standard InChI is InChI=1S/C24H31N3O4/c1-24(2,3)17-9-11-18(12-10-17)30-14-13-26-22(28)16-27-15-21(23(29)25-4)31-20-8-6-5-7-19(20)27/h5-12,21H,13-16H2,1-4H3,(H,25,29)(H,26,28)/t21-/m1/s1. The predicted molar refractivity (Wildman–Crippen MR) is 121 cm³/mol. The summed E-state index contributed by atoms with van der Waals surface area (Å²) in [4.78, 5) is 26.4. The summed E-state index contributed by atoms with van der Waals surface area (Å²) in [5.41, 5.74) is 2.14. The molecule has 2 amide bonds. The van der Waals surface area contributed by atoms with E-state index in [1.54, 1.807) is 13.1 Å². The molecule has 0 aromatic heterocycles. The van der Waals surface area contributed by atoms with Crippen molar-refractivity contribution in [3.63, 3.8) is 0 Å². The molecule has 1 aliphatic rings. The number of carbonyl (C=O) groups is 2. The molecule has 0 fully saturated rings. The Labute approximate surface area is 183 Å². The Kier molecular flexibility index (Phi) is 7.05. The van der Waals surface area contributed by atoms with Gasteiger partial charge in [0.1, 0.15) is 18.1 Å². The van der Waals surface area contributed by atoms with Crippen molar-refractivity contribution in [2.24, 2.45) is 0 Å². The van der Waals surface area contributed by atoms with E-state index in [4.69, 9.17) is 9.47 Å². The molecule has 1 heterocycles. The highest BCUT2D eigenvalue weighted by Crippen LogP contribution is 2.32. The van der Waals surface area contributed by atoms with Gasteiger partial charge in [0.25, 0.3) is 5.91 Å². The highest BCUT2D eigenvalue weighted by Gasteiger charge is 2.30. The van der Waals surface area contributed by atoms with E-state index in [2.05, 4.69) is 43.5 Å². The number of para-hydroxylation sites is 2. The lowest BCUT2D eigenvalue weighted by atomic mass is 9.87. The number of ether oxygens (including phenoxy) is 2. The highest BCUT2D eigenvalue weighted by molar-refractivity contribution is 5.86. The van der Waals surface area contributed by atoms with Gasteiger partial charge in [0.15, 0.2) is 6.10 Å². The number of nitrogens with zero attached hydrogens (tertiary/aromatic N) is 1. The van der Waals surface area contributed by atoms with Crippen LogP contribution in [0.2, 0.25) is 0 Å². The van der Waals surface area contributed by atoms with Gasteiger partial charge in [0, 0.05) is 7.05 Å². The topological polar surface area (TPSA) is 79.9 Å². The van der Waals surface area contributed by atoms with Crippen molar-refractivity contribution in [2.45, 2.75) is 32.3 Å². The number of hydrogen-bond donors (Lipinski definition) is 2. The smallest absolute Gasteiger partial charge is 0.262 e. The van der Waals surface area contributed by atoms with Gasteiger partial charge in [-0.05, 0) is 35.2 Å². The van der Waals surface area contributed by atoms with Gasteiger partial charge in [-0.1, -0.05) is 45.0 Å². The number of anilines is 1. The van der Waals surface area contributed by atoms with Crippen LogP contribution in [0.4, 0.5) is 5.69 Å². The fourth-order valence-electron chi connectivity index (χ4n) is 3.39. The maximum Gasteiger partial charge on any atom is 0.262 e. The lowest BCUT2D eigenvalue weighted by molar-refractivity contribution is -0.127. The molecule has 3 rings (SSSR count). The zero-order valence-corrected chi connectivity index (χ0v) is 18.6. The van der Waals surface area contributed by atoms with Crippen molar-refractivity contribution < 1.29 is 19.1 Å². The van der Waals surface area contributed by atoms with Crippen LogP contribution in [0.1, 0.15) is 26.3 Å².